The molecule has 4 aliphatic carbocycles. The van der Waals surface area contributed by atoms with Gasteiger partial charge in [0.1, 0.15) is 18.1 Å². The summed E-state index contributed by atoms with van der Waals surface area (Å²) in [6.45, 7) is 13.0. The predicted molar refractivity (Wildman–Crippen MR) is 169 cm³/mol. The van der Waals surface area contributed by atoms with Gasteiger partial charge in [-0.05, 0) is 122 Å². The van der Waals surface area contributed by atoms with Crippen LogP contribution < -0.4 is 4.74 Å². The van der Waals surface area contributed by atoms with Crippen LogP contribution in [-0.2, 0) is 9.53 Å². The summed E-state index contributed by atoms with van der Waals surface area (Å²) in [6, 6.07) is 7.05. The molecule has 42 heavy (non-hydrogen) atoms. The Hall–Kier alpha value is -2.10. The maximum absolute atomic E-state index is 12.7. The van der Waals surface area contributed by atoms with E-state index in [4.69, 9.17) is 9.47 Å². The number of rotatable bonds is 12. The average molecular weight is 577 g/mol. The minimum absolute atomic E-state index is 0.0154. The van der Waals surface area contributed by atoms with E-state index in [1.807, 2.05) is 0 Å². The molecule has 0 N–H and O–H groups in total. The quantitative estimate of drug-likeness (QED) is 0.108. The van der Waals surface area contributed by atoms with Gasteiger partial charge < -0.3 is 9.47 Å². The van der Waals surface area contributed by atoms with Crippen LogP contribution in [0.15, 0.2) is 35.9 Å². The summed E-state index contributed by atoms with van der Waals surface area (Å²) in [5.41, 5.74) is 3.01. The summed E-state index contributed by atoms with van der Waals surface area (Å²) in [4.78, 5) is 23.5. The molecule has 0 bridgehead atoms. The number of carbonyl (C=O) groups is 2. The molecule has 0 amide bonds. The molecule has 4 nitrogen and oxygen atoms in total. The van der Waals surface area contributed by atoms with Gasteiger partial charge >= 0.3 is 5.97 Å². The highest BCUT2D eigenvalue weighted by atomic mass is 16.5. The number of aldehydes is 1. The fraction of sp³-hybridized carbons (Fsp3) is 0.737. The van der Waals surface area contributed by atoms with E-state index in [2.05, 4.69) is 40.7 Å². The van der Waals surface area contributed by atoms with Gasteiger partial charge in [-0.15, -0.1) is 0 Å². The molecule has 0 spiro atoms. The molecule has 3 saturated carbocycles. The lowest BCUT2D eigenvalue weighted by atomic mass is 9.47. The monoisotopic (exact) mass is 576 g/mol. The first-order chi connectivity index (χ1) is 20.1. The van der Waals surface area contributed by atoms with Gasteiger partial charge in [-0.1, -0.05) is 65.5 Å². The van der Waals surface area contributed by atoms with Gasteiger partial charge in [0.2, 0.25) is 0 Å². The number of hydrogen-bond acceptors (Lipinski definition) is 4. The smallest absolute Gasteiger partial charge is 0.306 e. The number of benzene rings is 1. The summed E-state index contributed by atoms with van der Waals surface area (Å²) in [6.07, 6.45) is 18.6. The molecular formula is C38H56O4. The van der Waals surface area contributed by atoms with Crippen LogP contribution in [0, 0.1) is 46.3 Å². The van der Waals surface area contributed by atoms with Crippen LogP contribution in [0.25, 0.3) is 0 Å². The summed E-state index contributed by atoms with van der Waals surface area (Å²) in [5.74, 6) is 5.69. The van der Waals surface area contributed by atoms with Crippen molar-refractivity contribution in [3.63, 3.8) is 0 Å². The molecule has 0 aliphatic heterocycles. The maximum Gasteiger partial charge on any atom is 0.306 e. The van der Waals surface area contributed by atoms with Gasteiger partial charge in [-0.3, -0.25) is 9.59 Å². The lowest BCUT2D eigenvalue weighted by molar-refractivity contribution is -0.151. The second-order valence-electron chi connectivity index (χ2n) is 15.3. The summed E-state index contributed by atoms with van der Waals surface area (Å²) in [5, 5.41) is 0. The molecule has 1 aromatic rings. The Morgan fingerprint density at radius 1 is 0.976 bits per heavy atom. The van der Waals surface area contributed by atoms with Crippen molar-refractivity contribution in [3.05, 3.63) is 41.5 Å². The lowest BCUT2D eigenvalue weighted by Crippen LogP contribution is -2.51. The van der Waals surface area contributed by atoms with Gasteiger partial charge in [0, 0.05) is 18.4 Å². The van der Waals surface area contributed by atoms with Crippen molar-refractivity contribution in [3.8, 4) is 5.75 Å². The molecule has 3 fully saturated rings. The van der Waals surface area contributed by atoms with Crippen molar-refractivity contribution in [1.29, 1.82) is 0 Å². The number of fused-ring (bicyclic) bond motifs is 5. The van der Waals surface area contributed by atoms with Crippen molar-refractivity contribution in [2.45, 2.75) is 124 Å². The zero-order valence-corrected chi connectivity index (χ0v) is 27.0. The number of carbonyl (C=O) groups excluding carboxylic acids is 2. The first-order valence-electron chi connectivity index (χ1n) is 17.2. The van der Waals surface area contributed by atoms with Crippen LogP contribution in [0.1, 0.15) is 128 Å². The summed E-state index contributed by atoms with van der Waals surface area (Å²) < 4.78 is 11.7. The molecule has 0 heterocycles. The molecular weight excluding hydrogens is 520 g/mol. The largest absolute Gasteiger partial charge is 0.494 e. The number of allylic oxidation sites excluding steroid dienone is 1. The van der Waals surface area contributed by atoms with Crippen LogP contribution in [0.5, 0.6) is 5.75 Å². The van der Waals surface area contributed by atoms with Crippen molar-refractivity contribution in [2.75, 3.05) is 6.61 Å². The highest BCUT2D eigenvalue weighted by molar-refractivity contribution is 5.74. The minimum Gasteiger partial charge on any atom is -0.494 e. The number of hydrogen-bond donors (Lipinski definition) is 0. The van der Waals surface area contributed by atoms with Crippen LogP contribution in [0.3, 0.4) is 0 Å². The zero-order chi connectivity index (χ0) is 29.9. The molecule has 232 valence electrons. The highest BCUT2D eigenvalue weighted by Gasteiger charge is 2.59. The Balaban J connectivity index is 1.12. The second-order valence-corrected chi connectivity index (χ2v) is 15.3. The third-order valence-electron chi connectivity index (χ3n) is 12.4. The van der Waals surface area contributed by atoms with E-state index in [0.717, 1.165) is 66.8 Å². The topological polar surface area (TPSA) is 52.6 Å². The van der Waals surface area contributed by atoms with Crippen LogP contribution in [0.2, 0.25) is 0 Å². The van der Waals surface area contributed by atoms with Gasteiger partial charge in [-0.25, -0.2) is 0 Å². The van der Waals surface area contributed by atoms with Gasteiger partial charge in [0.15, 0.2) is 0 Å². The zero-order valence-electron chi connectivity index (χ0n) is 27.0. The summed E-state index contributed by atoms with van der Waals surface area (Å²) >= 11 is 0. The van der Waals surface area contributed by atoms with Crippen molar-refractivity contribution < 1.29 is 19.1 Å². The van der Waals surface area contributed by atoms with E-state index in [1.54, 1.807) is 29.8 Å². The Kier molecular flexibility index (Phi) is 9.90. The fourth-order valence-electron chi connectivity index (χ4n) is 10.0. The van der Waals surface area contributed by atoms with E-state index in [1.165, 1.54) is 51.4 Å². The second kappa shape index (κ2) is 13.3. The van der Waals surface area contributed by atoms with Crippen LogP contribution >= 0.6 is 0 Å². The Bertz CT molecular complexity index is 1100. The van der Waals surface area contributed by atoms with Crippen molar-refractivity contribution >= 4 is 12.3 Å². The van der Waals surface area contributed by atoms with Crippen molar-refractivity contribution in [1.82, 2.24) is 0 Å². The molecule has 8 atom stereocenters. The normalized spacial score (nSPS) is 34.5. The average Bonchev–Trinajstić information content (AvgIpc) is 3.33. The summed E-state index contributed by atoms with van der Waals surface area (Å²) in [7, 11) is 0. The first-order valence-corrected chi connectivity index (χ1v) is 17.2. The van der Waals surface area contributed by atoms with Crippen molar-refractivity contribution in [2.24, 2.45) is 46.3 Å². The van der Waals surface area contributed by atoms with Gasteiger partial charge in [0.05, 0.1) is 6.61 Å². The third kappa shape index (κ3) is 6.53. The number of ether oxygens (including phenoxy) is 2. The Morgan fingerprint density at radius 3 is 2.50 bits per heavy atom. The van der Waals surface area contributed by atoms with Crippen LogP contribution in [0.4, 0.5) is 0 Å². The van der Waals surface area contributed by atoms with Gasteiger partial charge in [-0.2, -0.15) is 0 Å². The third-order valence-corrected chi connectivity index (χ3v) is 12.4. The SMILES string of the molecule is CC(C)CCC[C@@H](C)[C@H]1CC[C@H]2[C@@H]3CC=C4C[C@@H](OC(=O)CCCOc5ccc(C=O)cc5)CC[C@]4(C)[C@H]3CC[C@]12C. The first kappa shape index (κ1) is 31.3. The standard InChI is InChI=1S/C38H56O4/c1-26(2)8-6-9-27(3)33-17-18-34-32-16-13-29-24-31(19-21-37(29,4)35(32)20-22-38(33,34)5)42-36(40)10-7-23-41-30-14-11-28(25-39)12-15-30/h11-15,25-27,31-35H,6-10,16-24H2,1-5H3/t27-,31+,32+,33-,34+,35+,37+,38-/m1/s1. The Labute approximate surface area is 255 Å². The molecule has 1 aromatic carbocycles. The van der Waals surface area contributed by atoms with Gasteiger partial charge in [0.25, 0.3) is 0 Å². The molecule has 0 aromatic heterocycles. The fourth-order valence-corrected chi connectivity index (χ4v) is 10.0. The minimum atomic E-state index is -0.106. The molecule has 0 radical (unpaired) electrons. The number of esters is 1. The van der Waals surface area contributed by atoms with E-state index in [-0.39, 0.29) is 17.5 Å². The Morgan fingerprint density at radius 2 is 1.76 bits per heavy atom. The van der Waals surface area contributed by atoms with E-state index in [9.17, 15) is 9.59 Å². The molecule has 0 unspecified atom stereocenters. The molecule has 4 aliphatic rings. The molecule has 0 saturated heterocycles. The maximum atomic E-state index is 12.7. The van der Waals surface area contributed by atoms with E-state index < -0.39 is 0 Å². The molecule has 4 heteroatoms. The predicted octanol–water partition coefficient (Wildman–Crippen LogP) is 9.61. The lowest BCUT2D eigenvalue weighted by Gasteiger charge is -2.58. The highest BCUT2D eigenvalue weighted by Crippen LogP contribution is 2.67. The van der Waals surface area contributed by atoms with Crippen LogP contribution in [-0.4, -0.2) is 25.0 Å². The molecule has 5 rings (SSSR count). The van der Waals surface area contributed by atoms with E-state index in [0.29, 0.717) is 30.4 Å². The van der Waals surface area contributed by atoms with E-state index >= 15 is 0 Å².